The number of carbonyl (C=O) groups is 2. The number of rotatable bonds is 12. The Kier molecular flexibility index (Phi) is 10.4. The van der Waals surface area contributed by atoms with Crippen molar-refractivity contribution < 1.29 is 27.5 Å². The van der Waals surface area contributed by atoms with Crippen molar-refractivity contribution in [3.8, 4) is 11.5 Å². The number of ether oxygens (including phenoxy) is 2. The Morgan fingerprint density at radius 3 is 2.34 bits per heavy atom. The number of carbonyl (C=O) groups excluding carboxylic acids is 2. The summed E-state index contributed by atoms with van der Waals surface area (Å²) in [6.07, 6.45) is 2.26. The molecule has 0 saturated heterocycles. The van der Waals surface area contributed by atoms with Crippen LogP contribution in [0.25, 0.3) is 0 Å². The predicted molar refractivity (Wildman–Crippen MR) is 151 cm³/mol. The first-order valence-electron chi connectivity index (χ1n) is 12.7. The predicted octanol–water partition coefficient (Wildman–Crippen LogP) is 4.10. The molecule has 2 unspecified atom stereocenters. The lowest BCUT2D eigenvalue weighted by atomic mass is 10.1. The molecule has 0 fully saturated rings. The monoisotopic (exact) mass is 609 g/mol. The summed E-state index contributed by atoms with van der Waals surface area (Å²) in [4.78, 5) is 27.9. The second kappa shape index (κ2) is 13.3. The topological polar surface area (TPSA) is 105 Å². The maximum atomic E-state index is 13.4. The van der Waals surface area contributed by atoms with Crippen molar-refractivity contribution in [2.24, 2.45) is 0 Å². The van der Waals surface area contributed by atoms with E-state index in [0.29, 0.717) is 30.4 Å². The minimum Gasteiger partial charge on any atom is -0.486 e. The number of benzene rings is 2. The van der Waals surface area contributed by atoms with Gasteiger partial charge < -0.3 is 19.7 Å². The molecule has 2 aromatic carbocycles. The number of nitrogens with one attached hydrogen (secondary N) is 1. The van der Waals surface area contributed by atoms with E-state index in [1.54, 1.807) is 30.0 Å². The van der Waals surface area contributed by atoms with Gasteiger partial charge in [-0.15, -0.1) is 0 Å². The molecule has 1 aliphatic heterocycles. The van der Waals surface area contributed by atoms with Crippen molar-refractivity contribution in [2.75, 3.05) is 30.3 Å². The summed E-state index contributed by atoms with van der Waals surface area (Å²) in [5.41, 5.74) is 1.33. The van der Waals surface area contributed by atoms with Crippen LogP contribution in [0.2, 0.25) is 0 Å². The van der Waals surface area contributed by atoms with Crippen LogP contribution in [0.4, 0.5) is 5.69 Å². The SMILES string of the molecule is CCC(C)NC(=O)C(C)N(Cc1ccc(Br)cc1)C(=O)CCCN(c1ccc2c(c1)OCCO2)S(C)(=O)=O. The molecule has 1 N–H and O–H groups in total. The largest absolute Gasteiger partial charge is 0.486 e. The highest BCUT2D eigenvalue weighted by Crippen LogP contribution is 2.34. The molecule has 2 aromatic rings. The normalized spacial score (nSPS) is 14.3. The summed E-state index contributed by atoms with van der Waals surface area (Å²) in [6, 6.07) is 11.9. The van der Waals surface area contributed by atoms with Crippen LogP contribution in [-0.4, -0.2) is 63.2 Å². The van der Waals surface area contributed by atoms with Gasteiger partial charge in [0.1, 0.15) is 19.3 Å². The van der Waals surface area contributed by atoms with Gasteiger partial charge >= 0.3 is 0 Å². The minimum absolute atomic E-state index is 0.0103. The second-order valence-electron chi connectivity index (χ2n) is 9.41. The van der Waals surface area contributed by atoms with E-state index >= 15 is 0 Å². The third kappa shape index (κ3) is 8.10. The van der Waals surface area contributed by atoms with Gasteiger partial charge in [-0.25, -0.2) is 8.42 Å². The molecule has 2 atom stereocenters. The highest BCUT2D eigenvalue weighted by atomic mass is 79.9. The zero-order valence-corrected chi connectivity index (χ0v) is 24.7. The lowest BCUT2D eigenvalue weighted by Gasteiger charge is -2.30. The lowest BCUT2D eigenvalue weighted by Crippen LogP contribution is -2.49. The maximum Gasteiger partial charge on any atom is 0.242 e. The van der Waals surface area contributed by atoms with Crippen molar-refractivity contribution in [2.45, 2.75) is 58.7 Å². The van der Waals surface area contributed by atoms with Crippen LogP contribution in [0.15, 0.2) is 46.9 Å². The van der Waals surface area contributed by atoms with Gasteiger partial charge in [0.05, 0.1) is 11.9 Å². The molecule has 0 saturated carbocycles. The van der Waals surface area contributed by atoms with Crippen molar-refractivity contribution in [3.63, 3.8) is 0 Å². The van der Waals surface area contributed by atoms with Gasteiger partial charge in [-0.05, 0) is 56.5 Å². The molecule has 0 bridgehead atoms. The lowest BCUT2D eigenvalue weighted by molar-refractivity contribution is -0.140. The molecule has 0 aliphatic carbocycles. The van der Waals surface area contributed by atoms with Crippen molar-refractivity contribution in [3.05, 3.63) is 52.5 Å². The molecule has 0 spiro atoms. The molecular formula is C27H36BrN3O6S. The first-order valence-corrected chi connectivity index (χ1v) is 15.4. The molecule has 1 heterocycles. The van der Waals surface area contributed by atoms with E-state index in [1.165, 1.54) is 4.31 Å². The number of hydrogen-bond acceptors (Lipinski definition) is 6. The number of halogens is 1. The van der Waals surface area contributed by atoms with Crippen LogP contribution in [-0.2, 0) is 26.2 Å². The van der Waals surface area contributed by atoms with E-state index < -0.39 is 16.1 Å². The van der Waals surface area contributed by atoms with E-state index in [4.69, 9.17) is 9.47 Å². The van der Waals surface area contributed by atoms with Gasteiger partial charge in [0.25, 0.3) is 0 Å². The summed E-state index contributed by atoms with van der Waals surface area (Å²) in [5.74, 6) is 0.603. The summed E-state index contributed by atoms with van der Waals surface area (Å²) < 4.78 is 38.5. The molecule has 38 heavy (non-hydrogen) atoms. The van der Waals surface area contributed by atoms with Gasteiger partial charge in [0.2, 0.25) is 21.8 Å². The standard InChI is InChI=1S/C27H36BrN3O6S/c1-5-19(2)29-27(33)20(3)30(18-21-8-10-22(28)11-9-21)26(32)7-6-14-31(38(4,34)35)23-12-13-24-25(17-23)37-16-15-36-24/h8-13,17,19-20H,5-7,14-16,18H2,1-4H3,(H,29,33). The fraction of sp³-hybridized carbons (Fsp3) is 0.481. The molecule has 11 heteroatoms. The Hall–Kier alpha value is -2.79. The van der Waals surface area contributed by atoms with Crippen LogP contribution < -0.4 is 19.1 Å². The fourth-order valence-electron chi connectivity index (χ4n) is 4.03. The summed E-state index contributed by atoms with van der Waals surface area (Å²) in [7, 11) is -3.62. The van der Waals surface area contributed by atoms with E-state index in [1.807, 2.05) is 38.1 Å². The van der Waals surface area contributed by atoms with Gasteiger partial charge in [0.15, 0.2) is 11.5 Å². The first kappa shape index (κ1) is 29.8. The first-order chi connectivity index (χ1) is 18.0. The van der Waals surface area contributed by atoms with Crippen molar-refractivity contribution in [1.82, 2.24) is 10.2 Å². The molecule has 9 nitrogen and oxygen atoms in total. The van der Waals surface area contributed by atoms with Crippen LogP contribution in [0.1, 0.15) is 45.6 Å². The Balaban J connectivity index is 1.73. The average molecular weight is 611 g/mol. The molecule has 0 aromatic heterocycles. The number of nitrogens with zero attached hydrogens (tertiary/aromatic N) is 2. The van der Waals surface area contributed by atoms with E-state index in [0.717, 1.165) is 22.7 Å². The third-order valence-corrected chi connectivity index (χ3v) is 8.12. The molecule has 0 radical (unpaired) electrons. The maximum absolute atomic E-state index is 13.4. The molecule has 3 rings (SSSR count). The smallest absolute Gasteiger partial charge is 0.242 e. The fourth-order valence-corrected chi connectivity index (χ4v) is 5.25. The quantitative estimate of drug-likeness (QED) is 0.388. The number of anilines is 1. The third-order valence-electron chi connectivity index (χ3n) is 6.40. The molecular weight excluding hydrogens is 574 g/mol. The summed E-state index contributed by atoms with van der Waals surface area (Å²) >= 11 is 3.42. The Labute approximate surface area is 233 Å². The number of hydrogen-bond donors (Lipinski definition) is 1. The highest BCUT2D eigenvalue weighted by molar-refractivity contribution is 9.10. The van der Waals surface area contributed by atoms with Gasteiger partial charge in [-0.3, -0.25) is 13.9 Å². The zero-order valence-electron chi connectivity index (χ0n) is 22.3. The Morgan fingerprint density at radius 1 is 1.05 bits per heavy atom. The van der Waals surface area contributed by atoms with Gasteiger partial charge in [-0.1, -0.05) is 35.0 Å². The van der Waals surface area contributed by atoms with Crippen LogP contribution in [0, 0.1) is 0 Å². The molecule has 208 valence electrons. The molecule has 1 aliphatic rings. The Morgan fingerprint density at radius 2 is 1.71 bits per heavy atom. The number of sulfonamides is 1. The van der Waals surface area contributed by atoms with E-state index in [-0.39, 0.29) is 43.8 Å². The second-order valence-corrected chi connectivity index (χ2v) is 12.2. The van der Waals surface area contributed by atoms with Gasteiger partial charge in [-0.2, -0.15) is 0 Å². The highest BCUT2D eigenvalue weighted by Gasteiger charge is 2.27. The van der Waals surface area contributed by atoms with E-state index in [2.05, 4.69) is 21.2 Å². The van der Waals surface area contributed by atoms with Crippen LogP contribution >= 0.6 is 15.9 Å². The summed E-state index contributed by atoms with van der Waals surface area (Å²) in [6.45, 7) is 6.81. The van der Waals surface area contributed by atoms with Crippen LogP contribution in [0.5, 0.6) is 11.5 Å². The van der Waals surface area contributed by atoms with Gasteiger partial charge in [0, 0.05) is 36.1 Å². The molecule has 2 amide bonds. The van der Waals surface area contributed by atoms with Crippen LogP contribution in [0.3, 0.4) is 0 Å². The zero-order chi connectivity index (χ0) is 27.9. The van der Waals surface area contributed by atoms with E-state index in [9.17, 15) is 18.0 Å². The summed E-state index contributed by atoms with van der Waals surface area (Å²) in [5, 5.41) is 2.95. The number of amides is 2. The van der Waals surface area contributed by atoms with Crippen molar-refractivity contribution in [1.29, 1.82) is 0 Å². The Bertz CT molecular complexity index is 1220. The minimum atomic E-state index is -3.62. The number of fused-ring (bicyclic) bond motifs is 1. The average Bonchev–Trinajstić information content (AvgIpc) is 2.89. The van der Waals surface area contributed by atoms with Crippen molar-refractivity contribution >= 4 is 43.5 Å².